The van der Waals surface area contributed by atoms with Crippen molar-refractivity contribution in [1.82, 2.24) is 19.9 Å². The van der Waals surface area contributed by atoms with Gasteiger partial charge in [-0.25, -0.2) is 9.97 Å². The summed E-state index contributed by atoms with van der Waals surface area (Å²) in [6.45, 7) is 0.861. The van der Waals surface area contributed by atoms with Gasteiger partial charge < -0.3 is 20.1 Å². The van der Waals surface area contributed by atoms with Crippen LogP contribution in [0.15, 0.2) is 48.9 Å². The van der Waals surface area contributed by atoms with Gasteiger partial charge in [0, 0.05) is 30.7 Å². The van der Waals surface area contributed by atoms with E-state index < -0.39 is 0 Å². The molecule has 1 aliphatic rings. The minimum absolute atomic E-state index is 0.0946. The molecule has 0 aliphatic carbocycles. The van der Waals surface area contributed by atoms with Crippen LogP contribution in [-0.4, -0.2) is 45.3 Å². The SMILES string of the molecule is CN(Cc1ncc[nH]1)C(=O)c1cnc2c(c1)N(Cc1ccc(Cl)cc1)C(=O)CN2. The standard InChI is InChI=1S/C20H19ClN6O2/c1-26(12-17-22-6-7-23-17)20(29)14-8-16-19(24-9-14)25-10-18(28)27(16)11-13-2-4-15(21)5-3-13/h2-9H,10-12H2,1H3,(H,22,23)(H,24,25). The van der Waals surface area contributed by atoms with Gasteiger partial charge in [0.2, 0.25) is 5.91 Å². The van der Waals surface area contributed by atoms with Crippen LogP contribution in [0.3, 0.4) is 0 Å². The minimum Gasteiger partial charge on any atom is -0.359 e. The lowest BCUT2D eigenvalue weighted by atomic mass is 10.1. The number of aromatic amines is 1. The lowest BCUT2D eigenvalue weighted by Crippen LogP contribution is -2.40. The zero-order valence-electron chi connectivity index (χ0n) is 15.7. The van der Waals surface area contributed by atoms with Gasteiger partial charge in [-0.3, -0.25) is 9.59 Å². The van der Waals surface area contributed by atoms with Crippen LogP contribution in [0.25, 0.3) is 0 Å². The average molecular weight is 411 g/mol. The molecule has 1 aliphatic heterocycles. The van der Waals surface area contributed by atoms with Gasteiger partial charge in [0.15, 0.2) is 5.82 Å². The van der Waals surface area contributed by atoms with Gasteiger partial charge in [-0.2, -0.15) is 0 Å². The molecule has 0 bridgehead atoms. The predicted molar refractivity (Wildman–Crippen MR) is 110 cm³/mol. The molecule has 4 rings (SSSR count). The lowest BCUT2D eigenvalue weighted by Gasteiger charge is -2.30. The van der Waals surface area contributed by atoms with E-state index in [0.717, 1.165) is 5.56 Å². The van der Waals surface area contributed by atoms with Crippen LogP contribution in [0.2, 0.25) is 5.02 Å². The van der Waals surface area contributed by atoms with Crippen LogP contribution < -0.4 is 10.2 Å². The fraction of sp³-hybridized carbons (Fsp3) is 0.200. The predicted octanol–water partition coefficient (Wildman–Crippen LogP) is 2.69. The summed E-state index contributed by atoms with van der Waals surface area (Å²) in [6.07, 6.45) is 4.86. The number of imidazole rings is 1. The maximum Gasteiger partial charge on any atom is 0.255 e. The molecule has 3 heterocycles. The summed E-state index contributed by atoms with van der Waals surface area (Å²) in [5, 5.41) is 3.64. The molecule has 29 heavy (non-hydrogen) atoms. The van der Waals surface area contributed by atoms with Gasteiger partial charge in [0.1, 0.15) is 5.82 Å². The van der Waals surface area contributed by atoms with Crippen LogP contribution in [0.1, 0.15) is 21.7 Å². The van der Waals surface area contributed by atoms with E-state index in [1.165, 1.54) is 6.20 Å². The maximum atomic E-state index is 12.8. The minimum atomic E-state index is -0.207. The van der Waals surface area contributed by atoms with Crippen molar-refractivity contribution in [2.75, 3.05) is 23.8 Å². The fourth-order valence-corrected chi connectivity index (χ4v) is 3.27. The Labute approximate surface area is 172 Å². The number of carbonyl (C=O) groups is 2. The van der Waals surface area contributed by atoms with Crippen molar-refractivity contribution in [3.8, 4) is 0 Å². The Bertz CT molecular complexity index is 1040. The zero-order valence-corrected chi connectivity index (χ0v) is 16.5. The molecule has 148 valence electrons. The number of hydrogen-bond acceptors (Lipinski definition) is 5. The molecule has 0 spiro atoms. The van der Waals surface area contributed by atoms with Crippen LogP contribution in [0.4, 0.5) is 11.5 Å². The van der Waals surface area contributed by atoms with E-state index in [1.807, 2.05) is 12.1 Å². The second-order valence-electron chi connectivity index (χ2n) is 6.75. The molecule has 0 saturated heterocycles. The topological polar surface area (TPSA) is 94.2 Å². The molecule has 0 radical (unpaired) electrons. The summed E-state index contributed by atoms with van der Waals surface area (Å²) in [5.74, 6) is 0.959. The molecular formula is C20H19ClN6O2. The average Bonchev–Trinajstić information content (AvgIpc) is 3.23. The van der Waals surface area contributed by atoms with E-state index in [4.69, 9.17) is 11.6 Å². The Morgan fingerprint density at radius 2 is 2.07 bits per heavy atom. The highest BCUT2D eigenvalue weighted by Crippen LogP contribution is 2.30. The summed E-state index contributed by atoms with van der Waals surface area (Å²) in [6, 6.07) is 9.01. The van der Waals surface area contributed by atoms with Gasteiger partial charge in [0.25, 0.3) is 5.91 Å². The van der Waals surface area contributed by atoms with E-state index in [1.54, 1.807) is 47.4 Å². The highest BCUT2D eigenvalue weighted by molar-refractivity contribution is 6.30. The monoisotopic (exact) mass is 410 g/mol. The van der Waals surface area contributed by atoms with E-state index in [9.17, 15) is 9.59 Å². The number of halogens is 1. The molecule has 8 nitrogen and oxygen atoms in total. The molecule has 2 aromatic heterocycles. The molecule has 0 saturated carbocycles. The summed E-state index contributed by atoms with van der Waals surface area (Å²) < 4.78 is 0. The Kier molecular flexibility index (Phi) is 5.18. The van der Waals surface area contributed by atoms with Crippen molar-refractivity contribution in [2.45, 2.75) is 13.1 Å². The number of benzene rings is 1. The molecule has 1 aromatic carbocycles. The molecule has 0 unspecified atom stereocenters. The number of aromatic nitrogens is 3. The summed E-state index contributed by atoms with van der Waals surface area (Å²) in [4.78, 5) is 40.1. The van der Waals surface area contributed by atoms with E-state index in [0.29, 0.717) is 41.0 Å². The van der Waals surface area contributed by atoms with Crippen molar-refractivity contribution >= 4 is 34.9 Å². The number of anilines is 2. The fourth-order valence-electron chi connectivity index (χ4n) is 3.15. The number of fused-ring (bicyclic) bond motifs is 1. The zero-order chi connectivity index (χ0) is 20.4. The maximum absolute atomic E-state index is 12.8. The Hall–Kier alpha value is -3.39. The molecule has 9 heteroatoms. The first kappa shape index (κ1) is 18.9. The normalized spacial score (nSPS) is 13.0. The van der Waals surface area contributed by atoms with Crippen LogP contribution in [0.5, 0.6) is 0 Å². The molecule has 0 atom stereocenters. The number of H-pyrrole nitrogens is 1. The molecule has 3 aromatic rings. The number of pyridine rings is 1. The first-order valence-electron chi connectivity index (χ1n) is 9.03. The van der Waals surface area contributed by atoms with Gasteiger partial charge in [-0.1, -0.05) is 23.7 Å². The van der Waals surface area contributed by atoms with Crippen LogP contribution in [0, 0.1) is 0 Å². The highest BCUT2D eigenvalue weighted by atomic mass is 35.5. The van der Waals surface area contributed by atoms with Crippen molar-refractivity contribution in [3.05, 3.63) is 70.9 Å². The third-order valence-electron chi connectivity index (χ3n) is 4.66. The second kappa shape index (κ2) is 7.92. The van der Waals surface area contributed by atoms with Crippen molar-refractivity contribution in [2.24, 2.45) is 0 Å². The number of hydrogen-bond donors (Lipinski definition) is 2. The van der Waals surface area contributed by atoms with Crippen LogP contribution in [-0.2, 0) is 17.9 Å². The number of amides is 2. The Morgan fingerprint density at radius 1 is 1.28 bits per heavy atom. The van der Waals surface area contributed by atoms with Crippen molar-refractivity contribution < 1.29 is 9.59 Å². The Balaban J connectivity index is 1.59. The van der Waals surface area contributed by atoms with E-state index >= 15 is 0 Å². The molecule has 2 N–H and O–H groups in total. The van der Waals surface area contributed by atoms with Crippen LogP contribution >= 0.6 is 11.6 Å². The number of rotatable bonds is 5. The van der Waals surface area contributed by atoms with Gasteiger partial charge in [0.05, 0.1) is 30.9 Å². The first-order chi connectivity index (χ1) is 14.0. The van der Waals surface area contributed by atoms with E-state index in [2.05, 4.69) is 20.3 Å². The number of carbonyl (C=O) groups excluding carboxylic acids is 2. The molecule has 2 amide bonds. The quantitative estimate of drug-likeness (QED) is 0.674. The lowest BCUT2D eigenvalue weighted by molar-refractivity contribution is -0.117. The third kappa shape index (κ3) is 4.07. The van der Waals surface area contributed by atoms with Gasteiger partial charge in [-0.15, -0.1) is 0 Å². The number of nitrogens with one attached hydrogen (secondary N) is 2. The van der Waals surface area contributed by atoms with E-state index in [-0.39, 0.29) is 18.4 Å². The van der Waals surface area contributed by atoms with Gasteiger partial charge in [-0.05, 0) is 23.8 Å². The third-order valence-corrected chi connectivity index (χ3v) is 4.91. The largest absolute Gasteiger partial charge is 0.359 e. The number of nitrogens with zero attached hydrogens (tertiary/aromatic N) is 4. The first-order valence-corrected chi connectivity index (χ1v) is 9.41. The smallest absolute Gasteiger partial charge is 0.255 e. The summed E-state index contributed by atoms with van der Waals surface area (Å²) >= 11 is 5.95. The van der Waals surface area contributed by atoms with Crippen molar-refractivity contribution in [1.29, 1.82) is 0 Å². The second-order valence-corrected chi connectivity index (χ2v) is 7.19. The summed E-state index contributed by atoms with van der Waals surface area (Å²) in [7, 11) is 1.69. The Morgan fingerprint density at radius 3 is 2.79 bits per heavy atom. The molecular weight excluding hydrogens is 392 g/mol. The van der Waals surface area contributed by atoms with Gasteiger partial charge >= 0.3 is 0 Å². The highest BCUT2D eigenvalue weighted by Gasteiger charge is 2.27. The molecule has 0 fully saturated rings. The van der Waals surface area contributed by atoms with Crippen molar-refractivity contribution in [3.63, 3.8) is 0 Å². The summed E-state index contributed by atoms with van der Waals surface area (Å²) in [5.41, 5.74) is 1.91.